The molecule has 6 nitrogen and oxygen atoms in total. The number of benzene rings is 2. The lowest BCUT2D eigenvalue weighted by Gasteiger charge is -2.36. The topological polar surface area (TPSA) is 78.1 Å². The second-order valence-corrected chi connectivity index (χ2v) is 8.44. The van der Waals surface area contributed by atoms with Crippen LogP contribution in [0.5, 0.6) is 11.5 Å². The van der Waals surface area contributed by atoms with E-state index in [1.165, 1.54) is 29.5 Å². The first-order chi connectivity index (χ1) is 14.7. The molecular weight excluding hydrogens is 378 g/mol. The summed E-state index contributed by atoms with van der Waals surface area (Å²) in [5.41, 5.74) is 11.4. The molecule has 2 aromatic carbocycles. The highest BCUT2D eigenvalue weighted by molar-refractivity contribution is 5.93. The Kier molecular flexibility index (Phi) is 5.25. The van der Waals surface area contributed by atoms with Gasteiger partial charge in [0.25, 0.3) is 0 Å². The summed E-state index contributed by atoms with van der Waals surface area (Å²) in [6.45, 7) is 2.35. The first-order valence-corrected chi connectivity index (χ1v) is 10.9. The molecule has 0 radical (unpaired) electrons. The highest BCUT2D eigenvalue weighted by Gasteiger charge is 2.35. The molecule has 30 heavy (non-hydrogen) atoms. The summed E-state index contributed by atoms with van der Waals surface area (Å²) >= 11 is 0. The number of guanidine groups is 1. The van der Waals surface area contributed by atoms with Crippen molar-refractivity contribution in [3.05, 3.63) is 53.1 Å². The largest absolute Gasteiger partial charge is 0.454 e. The van der Waals surface area contributed by atoms with Crippen LogP contribution in [0.3, 0.4) is 0 Å². The summed E-state index contributed by atoms with van der Waals surface area (Å²) in [4.78, 5) is 4.79. The maximum atomic E-state index is 6.35. The average Bonchev–Trinajstić information content (AvgIpc) is 3.27. The van der Waals surface area contributed by atoms with Gasteiger partial charge in [-0.15, -0.1) is 0 Å². The van der Waals surface area contributed by atoms with E-state index in [4.69, 9.17) is 24.9 Å². The second-order valence-electron chi connectivity index (χ2n) is 8.44. The van der Waals surface area contributed by atoms with Gasteiger partial charge in [0.1, 0.15) is 0 Å². The fourth-order valence-electron chi connectivity index (χ4n) is 4.84. The lowest BCUT2D eigenvalue weighted by Crippen LogP contribution is -2.38. The van der Waals surface area contributed by atoms with Crippen molar-refractivity contribution in [1.82, 2.24) is 0 Å². The van der Waals surface area contributed by atoms with Crippen LogP contribution in [0.25, 0.3) is 0 Å². The molecule has 5 rings (SSSR count). The number of nitrogens with zero attached hydrogens (tertiary/aromatic N) is 1. The predicted molar refractivity (Wildman–Crippen MR) is 117 cm³/mol. The van der Waals surface area contributed by atoms with Crippen LogP contribution < -0.4 is 20.5 Å². The molecule has 3 aliphatic rings. The summed E-state index contributed by atoms with van der Waals surface area (Å²) in [5.74, 6) is 2.09. The molecule has 2 heterocycles. The number of nitrogens with one attached hydrogen (secondary N) is 1. The zero-order valence-corrected chi connectivity index (χ0v) is 17.3. The monoisotopic (exact) mass is 407 g/mol. The number of anilines is 1. The molecule has 0 saturated carbocycles. The van der Waals surface area contributed by atoms with Gasteiger partial charge in [0.2, 0.25) is 6.79 Å². The third-order valence-electron chi connectivity index (χ3n) is 6.65. The summed E-state index contributed by atoms with van der Waals surface area (Å²) in [5, 5.41) is 3.37. The minimum atomic E-state index is -0.109. The number of ether oxygens (including phenoxy) is 3. The minimum absolute atomic E-state index is 0.109. The lowest BCUT2D eigenvalue weighted by molar-refractivity contribution is 0.0531. The molecule has 0 spiro atoms. The van der Waals surface area contributed by atoms with Gasteiger partial charge >= 0.3 is 0 Å². The van der Waals surface area contributed by atoms with Crippen LogP contribution in [0.15, 0.2) is 41.4 Å². The first kappa shape index (κ1) is 19.2. The van der Waals surface area contributed by atoms with Gasteiger partial charge in [0, 0.05) is 24.3 Å². The van der Waals surface area contributed by atoms with Gasteiger partial charge in [-0.05, 0) is 73.4 Å². The summed E-state index contributed by atoms with van der Waals surface area (Å²) < 4.78 is 16.7. The zero-order chi connectivity index (χ0) is 20.4. The highest BCUT2D eigenvalue weighted by Crippen LogP contribution is 2.41. The molecule has 0 atom stereocenters. The molecule has 1 saturated heterocycles. The first-order valence-electron chi connectivity index (χ1n) is 10.9. The number of hydrogen-bond donors (Lipinski definition) is 2. The van der Waals surface area contributed by atoms with Gasteiger partial charge in [-0.25, -0.2) is 0 Å². The van der Waals surface area contributed by atoms with Crippen molar-refractivity contribution >= 4 is 11.6 Å². The van der Waals surface area contributed by atoms with E-state index in [0.29, 0.717) is 12.5 Å². The van der Waals surface area contributed by atoms with Gasteiger partial charge in [-0.2, -0.15) is 0 Å². The number of aryl methyl sites for hydroxylation is 1. The van der Waals surface area contributed by atoms with E-state index in [2.05, 4.69) is 35.6 Å². The van der Waals surface area contributed by atoms with E-state index >= 15 is 0 Å². The van der Waals surface area contributed by atoms with Gasteiger partial charge < -0.3 is 25.3 Å². The maximum absolute atomic E-state index is 6.35. The Bertz CT molecular complexity index is 951. The third kappa shape index (κ3) is 3.72. The van der Waals surface area contributed by atoms with Crippen LogP contribution in [-0.2, 0) is 23.0 Å². The Morgan fingerprint density at radius 3 is 2.77 bits per heavy atom. The Hall–Kier alpha value is -2.73. The smallest absolute Gasteiger partial charge is 0.231 e. The Labute approximate surface area is 177 Å². The number of aliphatic imine (C=N–C) groups is 1. The van der Waals surface area contributed by atoms with Crippen molar-refractivity contribution in [3.63, 3.8) is 0 Å². The molecule has 6 heteroatoms. The second kappa shape index (κ2) is 8.19. The molecule has 1 aliphatic carbocycles. The summed E-state index contributed by atoms with van der Waals surface area (Å²) in [7, 11) is 0. The third-order valence-corrected chi connectivity index (χ3v) is 6.65. The van der Waals surface area contributed by atoms with Crippen molar-refractivity contribution in [3.8, 4) is 11.5 Å². The molecule has 0 amide bonds. The van der Waals surface area contributed by atoms with Gasteiger partial charge in [-0.1, -0.05) is 18.2 Å². The van der Waals surface area contributed by atoms with E-state index in [0.717, 1.165) is 56.1 Å². The molecule has 2 aliphatic heterocycles. The summed E-state index contributed by atoms with van der Waals surface area (Å²) in [6.07, 6.45) is 6.56. The van der Waals surface area contributed by atoms with Crippen LogP contribution in [0.4, 0.5) is 5.69 Å². The Morgan fingerprint density at radius 2 is 1.87 bits per heavy atom. The summed E-state index contributed by atoms with van der Waals surface area (Å²) in [6, 6.07) is 12.7. The molecule has 3 N–H and O–H groups in total. The number of rotatable bonds is 4. The lowest BCUT2D eigenvalue weighted by atomic mass is 9.74. The quantitative estimate of drug-likeness (QED) is 0.596. The fourth-order valence-corrected chi connectivity index (χ4v) is 4.84. The van der Waals surface area contributed by atoms with Gasteiger partial charge in [0.05, 0.1) is 6.54 Å². The molecule has 1 fully saturated rings. The molecular formula is C24H29N3O3. The standard InChI is InChI=1S/C24H29N3O3/c25-23(27-20-7-3-5-17-4-1-2-6-19(17)20)26-15-24(10-12-28-13-11-24)18-8-9-21-22(14-18)30-16-29-21/h3,5,7-9,14H,1-2,4,6,10-13,15-16H2,(H3,25,26,27). The fraction of sp³-hybridized carbons (Fsp3) is 0.458. The van der Waals surface area contributed by atoms with E-state index in [1.54, 1.807) is 0 Å². The van der Waals surface area contributed by atoms with E-state index in [9.17, 15) is 0 Å². The van der Waals surface area contributed by atoms with E-state index in [1.807, 2.05) is 6.07 Å². The normalized spacial score (nSPS) is 19.9. The van der Waals surface area contributed by atoms with Gasteiger partial charge in [0.15, 0.2) is 17.5 Å². The Morgan fingerprint density at radius 1 is 1.03 bits per heavy atom. The van der Waals surface area contributed by atoms with Crippen LogP contribution in [0.2, 0.25) is 0 Å². The van der Waals surface area contributed by atoms with Crippen molar-refractivity contribution in [2.24, 2.45) is 10.7 Å². The van der Waals surface area contributed by atoms with Crippen LogP contribution in [0, 0.1) is 0 Å². The minimum Gasteiger partial charge on any atom is -0.454 e. The SMILES string of the molecule is NC(=NCC1(c2ccc3c(c2)OCO3)CCOCC1)Nc1cccc2c1CCCC2. The van der Waals surface area contributed by atoms with Crippen molar-refractivity contribution < 1.29 is 14.2 Å². The highest BCUT2D eigenvalue weighted by atomic mass is 16.7. The number of nitrogens with two attached hydrogens (primary N) is 1. The average molecular weight is 408 g/mol. The molecule has 158 valence electrons. The van der Waals surface area contributed by atoms with Crippen LogP contribution >= 0.6 is 0 Å². The number of hydrogen-bond acceptors (Lipinski definition) is 4. The molecule has 0 unspecified atom stereocenters. The van der Waals surface area contributed by atoms with Crippen molar-refractivity contribution in [2.45, 2.75) is 43.9 Å². The van der Waals surface area contributed by atoms with Gasteiger partial charge in [-0.3, -0.25) is 4.99 Å². The van der Waals surface area contributed by atoms with Crippen molar-refractivity contribution in [1.29, 1.82) is 0 Å². The molecule has 2 aromatic rings. The molecule has 0 bridgehead atoms. The van der Waals surface area contributed by atoms with E-state index < -0.39 is 0 Å². The van der Waals surface area contributed by atoms with E-state index in [-0.39, 0.29) is 12.2 Å². The zero-order valence-electron chi connectivity index (χ0n) is 17.3. The van der Waals surface area contributed by atoms with Crippen molar-refractivity contribution in [2.75, 3.05) is 31.9 Å². The molecule has 0 aromatic heterocycles. The maximum Gasteiger partial charge on any atom is 0.231 e. The number of fused-ring (bicyclic) bond motifs is 2. The predicted octanol–water partition coefficient (Wildman–Crippen LogP) is 3.77. The Balaban J connectivity index is 1.37. The van der Waals surface area contributed by atoms with Crippen LogP contribution in [0.1, 0.15) is 42.4 Å². The van der Waals surface area contributed by atoms with Crippen LogP contribution in [-0.4, -0.2) is 32.5 Å².